The van der Waals surface area contributed by atoms with Gasteiger partial charge >= 0.3 is 0 Å². The van der Waals surface area contributed by atoms with E-state index in [0.717, 1.165) is 0 Å². The number of nitrogens with one attached hydrogen (secondary N) is 2. The number of carbonyl (C=O) groups excluding carboxylic acids is 2. The fourth-order valence-corrected chi connectivity index (χ4v) is 3.30. The van der Waals surface area contributed by atoms with E-state index in [9.17, 15) is 19.8 Å². The number of phenolic OH excluding ortho intramolecular Hbond substituents is 1. The average Bonchev–Trinajstić information content (AvgIpc) is 2.73. The fraction of sp³-hybridized carbons (Fsp3) is 0.318. The molecule has 2 amide bonds. The second-order valence-electron chi connectivity index (χ2n) is 7.50. The highest BCUT2D eigenvalue weighted by molar-refractivity contribution is 6.05. The van der Waals surface area contributed by atoms with Gasteiger partial charge in [-0.2, -0.15) is 0 Å². The Morgan fingerprint density at radius 2 is 2.03 bits per heavy atom. The Kier molecular flexibility index (Phi) is 6.96. The minimum atomic E-state index is -1.79. The number of anilines is 2. The van der Waals surface area contributed by atoms with Crippen molar-refractivity contribution < 1.29 is 29.3 Å². The molecule has 2 atom stereocenters. The van der Waals surface area contributed by atoms with Crippen LogP contribution in [0.4, 0.5) is 11.4 Å². The van der Waals surface area contributed by atoms with E-state index in [4.69, 9.17) is 20.6 Å². The number of benzene rings is 2. The lowest BCUT2D eigenvalue weighted by Crippen LogP contribution is -2.55. The van der Waals surface area contributed by atoms with Gasteiger partial charge in [-0.1, -0.05) is 12.1 Å². The fourth-order valence-electron chi connectivity index (χ4n) is 3.30. The molecule has 170 valence electrons. The van der Waals surface area contributed by atoms with E-state index in [1.165, 1.54) is 23.1 Å². The Balaban J connectivity index is 1.75. The van der Waals surface area contributed by atoms with E-state index in [1.54, 1.807) is 24.3 Å². The van der Waals surface area contributed by atoms with E-state index in [2.05, 4.69) is 5.32 Å². The molecule has 0 aliphatic carbocycles. The van der Waals surface area contributed by atoms with Gasteiger partial charge in [0, 0.05) is 18.3 Å². The van der Waals surface area contributed by atoms with Crippen LogP contribution >= 0.6 is 0 Å². The molecule has 2 aromatic carbocycles. The number of amidine groups is 1. The Bertz CT molecular complexity index is 1030. The molecular weight excluding hydrogens is 416 g/mol. The van der Waals surface area contributed by atoms with Gasteiger partial charge in [0.1, 0.15) is 17.3 Å². The van der Waals surface area contributed by atoms with E-state index in [-0.39, 0.29) is 42.1 Å². The van der Waals surface area contributed by atoms with Crippen molar-refractivity contribution in [2.75, 3.05) is 23.4 Å². The number of morpholine rings is 1. The number of aliphatic hydroxyl groups excluding tert-OH is 1. The summed E-state index contributed by atoms with van der Waals surface area (Å²) in [5, 5.41) is 30.3. The van der Waals surface area contributed by atoms with Gasteiger partial charge < -0.3 is 35.6 Å². The molecule has 3 rings (SSSR count). The molecule has 1 fully saturated rings. The molecule has 0 spiro atoms. The van der Waals surface area contributed by atoms with E-state index in [0.29, 0.717) is 11.4 Å². The summed E-state index contributed by atoms with van der Waals surface area (Å²) in [4.78, 5) is 27.0. The van der Waals surface area contributed by atoms with Gasteiger partial charge in [-0.25, -0.2) is 0 Å². The van der Waals surface area contributed by atoms with Crippen molar-refractivity contribution in [3.05, 3.63) is 48.0 Å². The highest BCUT2D eigenvalue weighted by Gasteiger charge is 2.40. The third-order valence-electron chi connectivity index (χ3n) is 4.75. The molecule has 10 heteroatoms. The molecule has 0 unspecified atom stereocenters. The lowest BCUT2D eigenvalue weighted by molar-refractivity contribution is -0.150. The van der Waals surface area contributed by atoms with Crippen LogP contribution in [0.1, 0.15) is 19.4 Å². The number of hydrogen-bond acceptors (Lipinski definition) is 7. The highest BCUT2D eigenvalue weighted by Crippen LogP contribution is 2.31. The lowest BCUT2D eigenvalue weighted by atomic mass is 10.1. The molecule has 1 aliphatic rings. The number of nitrogen functional groups attached to an aromatic ring is 1. The lowest BCUT2D eigenvalue weighted by Gasteiger charge is -2.35. The van der Waals surface area contributed by atoms with Gasteiger partial charge in [0.25, 0.3) is 11.8 Å². The van der Waals surface area contributed by atoms with Crippen molar-refractivity contribution in [2.45, 2.75) is 32.2 Å². The highest BCUT2D eigenvalue weighted by atomic mass is 16.5. The standard InChI is InChI=1S/C22H26N4O6/c1-12(2)32-17-6-4-3-5-15(17)26-9-10-31-19(22(26)30)18(28)21(29)25-13-7-8-14(20(23)24)16(27)11-13/h3-8,11-12,18-19,27-28H,9-10H2,1-2H3,(H3,23,24)(H,25,29)/t18-,19-/m1/s1. The van der Waals surface area contributed by atoms with Crippen LogP contribution in [0, 0.1) is 5.41 Å². The third kappa shape index (κ3) is 4.98. The second-order valence-corrected chi connectivity index (χ2v) is 7.50. The molecular formula is C22H26N4O6. The van der Waals surface area contributed by atoms with Gasteiger partial charge in [0.2, 0.25) is 0 Å². The van der Waals surface area contributed by atoms with Gasteiger partial charge in [-0.3, -0.25) is 15.0 Å². The predicted molar refractivity (Wildman–Crippen MR) is 118 cm³/mol. The average molecular weight is 442 g/mol. The molecule has 0 aromatic heterocycles. The molecule has 32 heavy (non-hydrogen) atoms. The van der Waals surface area contributed by atoms with Gasteiger partial charge in [-0.15, -0.1) is 0 Å². The molecule has 1 heterocycles. The summed E-state index contributed by atoms with van der Waals surface area (Å²) in [5.41, 5.74) is 6.14. The van der Waals surface area contributed by atoms with Crippen molar-refractivity contribution in [1.29, 1.82) is 5.41 Å². The van der Waals surface area contributed by atoms with E-state index >= 15 is 0 Å². The quantitative estimate of drug-likeness (QED) is 0.318. The number of phenols is 1. The molecule has 0 saturated carbocycles. The first kappa shape index (κ1) is 23.0. The van der Waals surface area contributed by atoms with Crippen molar-refractivity contribution >= 4 is 29.0 Å². The first-order valence-corrected chi connectivity index (χ1v) is 10.0. The normalized spacial score (nSPS) is 17.2. The number of aromatic hydroxyl groups is 1. The number of hydrogen-bond donors (Lipinski definition) is 5. The SMILES string of the molecule is CC(C)Oc1ccccc1N1CCO[C@H]([C@@H](O)C(=O)Nc2ccc(C(=N)N)c(O)c2)C1=O. The number of para-hydroxylation sites is 2. The summed E-state index contributed by atoms with van der Waals surface area (Å²) < 4.78 is 11.2. The zero-order chi connectivity index (χ0) is 23.4. The minimum Gasteiger partial charge on any atom is -0.507 e. The van der Waals surface area contributed by atoms with Gasteiger partial charge in [0.15, 0.2) is 12.2 Å². The van der Waals surface area contributed by atoms with Crippen LogP contribution in [0.2, 0.25) is 0 Å². The zero-order valence-corrected chi connectivity index (χ0v) is 17.7. The van der Waals surface area contributed by atoms with Crippen LogP contribution in [0.15, 0.2) is 42.5 Å². The van der Waals surface area contributed by atoms with Crippen LogP contribution in [0.5, 0.6) is 11.5 Å². The van der Waals surface area contributed by atoms with Gasteiger partial charge in [0.05, 0.1) is 24.0 Å². The Morgan fingerprint density at radius 1 is 1.31 bits per heavy atom. The van der Waals surface area contributed by atoms with Crippen molar-refractivity contribution in [3.8, 4) is 11.5 Å². The van der Waals surface area contributed by atoms with Crippen molar-refractivity contribution in [3.63, 3.8) is 0 Å². The molecule has 0 radical (unpaired) electrons. The summed E-state index contributed by atoms with van der Waals surface area (Å²) in [5.74, 6) is -1.58. The minimum absolute atomic E-state index is 0.104. The van der Waals surface area contributed by atoms with Crippen molar-refractivity contribution in [1.82, 2.24) is 0 Å². The Hall–Kier alpha value is -3.63. The second kappa shape index (κ2) is 9.67. The number of carbonyl (C=O) groups is 2. The molecule has 1 saturated heterocycles. The molecule has 2 aromatic rings. The van der Waals surface area contributed by atoms with Crippen LogP contribution in [0.3, 0.4) is 0 Å². The maximum atomic E-state index is 13.1. The smallest absolute Gasteiger partial charge is 0.259 e. The summed E-state index contributed by atoms with van der Waals surface area (Å²) in [6.07, 6.45) is -3.32. The van der Waals surface area contributed by atoms with Crippen LogP contribution in [-0.4, -0.2) is 59.3 Å². The first-order chi connectivity index (χ1) is 15.2. The maximum absolute atomic E-state index is 13.1. The largest absolute Gasteiger partial charge is 0.507 e. The summed E-state index contributed by atoms with van der Waals surface area (Å²) >= 11 is 0. The summed E-state index contributed by atoms with van der Waals surface area (Å²) in [7, 11) is 0. The number of aliphatic hydroxyl groups is 1. The number of amides is 2. The van der Waals surface area contributed by atoms with Crippen LogP contribution < -0.4 is 20.7 Å². The van der Waals surface area contributed by atoms with Crippen LogP contribution in [-0.2, 0) is 14.3 Å². The molecule has 10 nitrogen and oxygen atoms in total. The van der Waals surface area contributed by atoms with Crippen LogP contribution in [0.25, 0.3) is 0 Å². The summed E-state index contributed by atoms with van der Waals surface area (Å²) in [6, 6.07) is 11.0. The number of ether oxygens (including phenoxy) is 2. The number of rotatable bonds is 7. The monoisotopic (exact) mass is 442 g/mol. The number of nitrogens with two attached hydrogens (primary N) is 1. The van der Waals surface area contributed by atoms with Gasteiger partial charge in [-0.05, 0) is 38.1 Å². The van der Waals surface area contributed by atoms with E-state index in [1.807, 2.05) is 13.8 Å². The third-order valence-corrected chi connectivity index (χ3v) is 4.75. The summed E-state index contributed by atoms with van der Waals surface area (Å²) in [6.45, 7) is 4.10. The van der Waals surface area contributed by atoms with E-state index < -0.39 is 24.0 Å². The predicted octanol–water partition coefficient (Wildman–Crippen LogP) is 1.19. The van der Waals surface area contributed by atoms with Crippen molar-refractivity contribution in [2.24, 2.45) is 5.73 Å². The zero-order valence-electron chi connectivity index (χ0n) is 17.7. The number of nitrogens with zero attached hydrogens (tertiary/aromatic N) is 1. The maximum Gasteiger partial charge on any atom is 0.259 e. The first-order valence-electron chi connectivity index (χ1n) is 10.0. The Morgan fingerprint density at radius 3 is 2.69 bits per heavy atom. The molecule has 1 aliphatic heterocycles. The molecule has 0 bridgehead atoms. The Labute approximate surface area is 185 Å². The topological polar surface area (TPSA) is 158 Å². The molecule has 6 N–H and O–H groups in total.